The van der Waals surface area contributed by atoms with Gasteiger partial charge in [0.15, 0.2) is 0 Å². The second-order valence-electron chi connectivity index (χ2n) is 7.64. The smallest absolute Gasteiger partial charge is 0.326 e. The van der Waals surface area contributed by atoms with Crippen LogP contribution >= 0.6 is 11.8 Å². The van der Waals surface area contributed by atoms with Crippen molar-refractivity contribution in [3.8, 4) is 11.1 Å². The molecule has 2 N–H and O–H groups in total. The minimum atomic E-state index is -1.02. The van der Waals surface area contributed by atoms with Crippen LogP contribution in [-0.2, 0) is 20.9 Å². The number of carbonyl (C=O) groups excluding carboxylic acids is 1. The summed E-state index contributed by atoms with van der Waals surface area (Å²) in [6.07, 6.45) is 3.31. The van der Waals surface area contributed by atoms with Crippen molar-refractivity contribution in [3.05, 3.63) is 59.7 Å². The van der Waals surface area contributed by atoms with E-state index in [0.717, 1.165) is 36.3 Å². The van der Waals surface area contributed by atoms with E-state index in [2.05, 4.69) is 5.32 Å². The van der Waals surface area contributed by atoms with E-state index in [1.54, 1.807) is 17.8 Å². The molecule has 0 aromatic heterocycles. The van der Waals surface area contributed by atoms with Gasteiger partial charge in [-0.05, 0) is 53.7 Å². The number of carboxylic acid groups (broad SMARTS) is 1. The van der Waals surface area contributed by atoms with E-state index in [1.165, 1.54) is 0 Å². The Morgan fingerprint density at radius 2 is 2.06 bits per heavy atom. The lowest BCUT2D eigenvalue weighted by molar-refractivity contribution is -0.139. The average Bonchev–Trinajstić information content (AvgIpc) is 3.30. The van der Waals surface area contributed by atoms with Crippen LogP contribution in [0.1, 0.15) is 28.8 Å². The molecule has 0 radical (unpaired) electrons. The van der Waals surface area contributed by atoms with Crippen molar-refractivity contribution in [2.45, 2.75) is 25.5 Å². The number of aliphatic carboxylic acids is 1. The summed E-state index contributed by atoms with van der Waals surface area (Å²) in [5, 5.41) is 12.1. The van der Waals surface area contributed by atoms with Crippen molar-refractivity contribution < 1.29 is 24.2 Å². The summed E-state index contributed by atoms with van der Waals surface area (Å²) in [6, 6.07) is 14.3. The monoisotopic (exact) mass is 443 g/mol. The Morgan fingerprint density at radius 1 is 1.26 bits per heavy atom. The van der Waals surface area contributed by atoms with E-state index >= 15 is 0 Å². The molecule has 1 aliphatic heterocycles. The lowest BCUT2D eigenvalue weighted by atomic mass is 9.96. The number of carbonyl (C=O) groups is 2. The normalized spacial score (nSPS) is 16.7. The van der Waals surface area contributed by atoms with Gasteiger partial charge in [0.05, 0.1) is 19.8 Å². The van der Waals surface area contributed by atoms with Crippen LogP contribution in [-0.4, -0.2) is 54.9 Å². The molecule has 0 spiro atoms. The average molecular weight is 444 g/mol. The Balaban J connectivity index is 1.78. The fourth-order valence-electron chi connectivity index (χ4n) is 3.52. The highest BCUT2D eigenvalue weighted by Crippen LogP contribution is 2.26. The molecule has 7 heteroatoms. The number of rotatable bonds is 11. The zero-order chi connectivity index (χ0) is 22.1. The van der Waals surface area contributed by atoms with Crippen LogP contribution in [0.2, 0.25) is 0 Å². The first-order chi connectivity index (χ1) is 15.1. The maximum atomic E-state index is 13.0. The third-order valence-electron chi connectivity index (χ3n) is 5.27. The first-order valence-corrected chi connectivity index (χ1v) is 11.8. The third-order valence-corrected chi connectivity index (χ3v) is 5.92. The zero-order valence-electron chi connectivity index (χ0n) is 17.7. The van der Waals surface area contributed by atoms with E-state index in [0.29, 0.717) is 36.9 Å². The van der Waals surface area contributed by atoms with Crippen LogP contribution in [0, 0.1) is 5.92 Å². The van der Waals surface area contributed by atoms with Gasteiger partial charge in [-0.2, -0.15) is 11.8 Å². The van der Waals surface area contributed by atoms with Crippen molar-refractivity contribution in [1.29, 1.82) is 0 Å². The molecule has 2 aromatic carbocycles. The topological polar surface area (TPSA) is 84.9 Å². The number of benzene rings is 2. The first kappa shape index (κ1) is 23.3. The number of nitrogens with one attached hydrogen (secondary N) is 1. The van der Waals surface area contributed by atoms with Crippen molar-refractivity contribution in [1.82, 2.24) is 5.32 Å². The van der Waals surface area contributed by atoms with Gasteiger partial charge in [-0.3, -0.25) is 4.79 Å². The molecular weight excluding hydrogens is 414 g/mol. The van der Waals surface area contributed by atoms with E-state index in [-0.39, 0.29) is 5.91 Å². The van der Waals surface area contributed by atoms with Crippen molar-refractivity contribution in [3.63, 3.8) is 0 Å². The van der Waals surface area contributed by atoms with Crippen molar-refractivity contribution >= 4 is 23.6 Å². The molecule has 1 saturated heterocycles. The standard InChI is InChI=1S/C24H29NO5S/c1-31-12-10-22(24(27)28)25-23(26)20-8-7-17(14-30-16-18-9-11-29-15-18)13-21(20)19-5-3-2-4-6-19/h2-8,13,18,22H,9-12,14-16H2,1H3,(H,25,26)(H,27,28)/t18?,22-/m0/s1. The quantitative estimate of drug-likeness (QED) is 0.549. The number of hydrogen-bond acceptors (Lipinski definition) is 5. The first-order valence-electron chi connectivity index (χ1n) is 10.4. The minimum Gasteiger partial charge on any atom is -0.480 e. The second-order valence-corrected chi connectivity index (χ2v) is 8.62. The molecule has 1 fully saturated rings. The molecule has 6 nitrogen and oxygen atoms in total. The molecular formula is C24H29NO5S. The molecule has 0 bridgehead atoms. The van der Waals surface area contributed by atoms with Crippen LogP contribution in [0.5, 0.6) is 0 Å². The number of carboxylic acids is 1. The summed E-state index contributed by atoms with van der Waals surface area (Å²) < 4.78 is 11.3. The SMILES string of the molecule is CSCC[C@H](NC(=O)c1ccc(COCC2CCOC2)cc1-c1ccccc1)C(=O)O. The molecule has 0 saturated carbocycles. The Kier molecular flexibility index (Phi) is 8.94. The van der Waals surface area contributed by atoms with Gasteiger partial charge in [-0.25, -0.2) is 4.79 Å². The van der Waals surface area contributed by atoms with E-state index in [4.69, 9.17) is 9.47 Å². The van der Waals surface area contributed by atoms with Crippen LogP contribution < -0.4 is 5.32 Å². The highest BCUT2D eigenvalue weighted by Gasteiger charge is 2.22. The Bertz CT molecular complexity index is 868. The summed E-state index contributed by atoms with van der Waals surface area (Å²) in [4.78, 5) is 24.5. The van der Waals surface area contributed by atoms with Gasteiger partial charge in [-0.1, -0.05) is 36.4 Å². The molecule has 2 aromatic rings. The van der Waals surface area contributed by atoms with Crippen molar-refractivity contribution in [2.75, 3.05) is 31.8 Å². The Labute approximate surface area is 187 Å². The predicted octanol–water partition coefficient (Wildman–Crippen LogP) is 3.84. The molecule has 0 aliphatic carbocycles. The Morgan fingerprint density at radius 3 is 2.74 bits per heavy atom. The summed E-state index contributed by atoms with van der Waals surface area (Å²) in [6.45, 7) is 2.64. The van der Waals surface area contributed by atoms with Gasteiger partial charge in [0, 0.05) is 18.1 Å². The van der Waals surface area contributed by atoms with Crippen LogP contribution in [0.3, 0.4) is 0 Å². The largest absolute Gasteiger partial charge is 0.480 e. The molecule has 1 aliphatic rings. The third kappa shape index (κ3) is 6.82. The Hall–Kier alpha value is -2.35. The maximum absolute atomic E-state index is 13.0. The fraction of sp³-hybridized carbons (Fsp3) is 0.417. The summed E-state index contributed by atoms with van der Waals surface area (Å²) >= 11 is 1.55. The molecule has 2 atom stereocenters. The highest BCUT2D eigenvalue weighted by atomic mass is 32.2. The zero-order valence-corrected chi connectivity index (χ0v) is 18.5. The number of thioether (sulfide) groups is 1. The number of ether oxygens (including phenoxy) is 2. The molecule has 1 unspecified atom stereocenters. The molecule has 166 valence electrons. The number of hydrogen-bond donors (Lipinski definition) is 2. The number of amides is 1. The second kappa shape index (κ2) is 11.9. The van der Waals surface area contributed by atoms with Gasteiger partial charge in [-0.15, -0.1) is 0 Å². The van der Waals surface area contributed by atoms with E-state index in [1.807, 2.05) is 48.7 Å². The lowest BCUT2D eigenvalue weighted by Gasteiger charge is -2.17. The molecule has 3 rings (SSSR count). The van der Waals surface area contributed by atoms with Gasteiger partial charge >= 0.3 is 5.97 Å². The summed E-state index contributed by atoms with van der Waals surface area (Å²) in [5.74, 6) is -0.314. The summed E-state index contributed by atoms with van der Waals surface area (Å²) in [7, 11) is 0. The maximum Gasteiger partial charge on any atom is 0.326 e. The van der Waals surface area contributed by atoms with Gasteiger partial charge in [0.25, 0.3) is 5.91 Å². The predicted molar refractivity (Wildman–Crippen MR) is 122 cm³/mol. The molecule has 1 amide bonds. The van der Waals surface area contributed by atoms with E-state index in [9.17, 15) is 14.7 Å². The van der Waals surface area contributed by atoms with E-state index < -0.39 is 12.0 Å². The van der Waals surface area contributed by atoms with Crippen LogP contribution in [0.15, 0.2) is 48.5 Å². The van der Waals surface area contributed by atoms with Crippen LogP contribution in [0.4, 0.5) is 0 Å². The van der Waals surface area contributed by atoms with Gasteiger partial charge < -0.3 is 19.9 Å². The summed E-state index contributed by atoms with van der Waals surface area (Å²) in [5.41, 5.74) is 3.08. The van der Waals surface area contributed by atoms with Gasteiger partial charge in [0.1, 0.15) is 6.04 Å². The molecule has 1 heterocycles. The van der Waals surface area contributed by atoms with Gasteiger partial charge in [0.2, 0.25) is 0 Å². The van der Waals surface area contributed by atoms with Crippen LogP contribution in [0.25, 0.3) is 11.1 Å². The fourth-order valence-corrected chi connectivity index (χ4v) is 3.99. The minimum absolute atomic E-state index is 0.375. The molecule has 31 heavy (non-hydrogen) atoms. The highest BCUT2D eigenvalue weighted by molar-refractivity contribution is 7.98. The lowest BCUT2D eigenvalue weighted by Crippen LogP contribution is -2.41. The van der Waals surface area contributed by atoms with Crippen molar-refractivity contribution in [2.24, 2.45) is 5.92 Å².